The van der Waals surface area contributed by atoms with Gasteiger partial charge in [-0.25, -0.2) is 9.78 Å². The summed E-state index contributed by atoms with van der Waals surface area (Å²) in [6.45, 7) is -1.36. The lowest BCUT2D eigenvalue weighted by Crippen LogP contribution is -2.62. The van der Waals surface area contributed by atoms with E-state index in [9.17, 15) is 18.4 Å². The van der Waals surface area contributed by atoms with Crippen LogP contribution in [-0.4, -0.2) is 64.9 Å². The molecule has 2 N–H and O–H groups in total. The van der Waals surface area contributed by atoms with Crippen molar-refractivity contribution in [3.05, 3.63) is 17.7 Å². The van der Waals surface area contributed by atoms with Gasteiger partial charge in [0.15, 0.2) is 0 Å². The Morgan fingerprint density at radius 1 is 1.10 bits per heavy atom. The van der Waals surface area contributed by atoms with Gasteiger partial charge in [-0.2, -0.15) is 8.78 Å². The molecule has 0 radical (unpaired) electrons. The van der Waals surface area contributed by atoms with E-state index in [4.69, 9.17) is 19.6 Å². The summed E-state index contributed by atoms with van der Waals surface area (Å²) in [4.78, 5) is 31.8. The number of halogens is 2. The Morgan fingerprint density at radius 2 is 1.79 bits per heavy atom. The number of carbonyl (C=O) groups excluding carboxylic acids is 1. The molecule has 1 aromatic rings. The highest BCUT2D eigenvalue weighted by Gasteiger charge is 2.59. The molecule has 1 amide bonds. The standard InChI is InChI=1S/C28H35F2N3O5S/c29-26(30)38-28-9-14-7-15(10-28)22(16(8-14)11-28)32-24(34)18-5-6-21(31-25(18)39-17-3-1-2-4-17)33-12-19-20(13-33)23(19)37-27(35)36/h5-6,14-17,19-20,22-23,26H,1-4,7-13H2,(H,32,34)(H,35,36)/t14?,15?,16?,19-,20+,22-,23?,28+. The summed E-state index contributed by atoms with van der Waals surface area (Å²) in [5.74, 6) is 1.81. The van der Waals surface area contributed by atoms with Crippen molar-refractivity contribution < 1.29 is 33.0 Å². The molecule has 0 aromatic carbocycles. The maximum Gasteiger partial charge on any atom is 0.506 e. The van der Waals surface area contributed by atoms with Crippen LogP contribution in [0.5, 0.6) is 0 Å². The number of hydrogen-bond acceptors (Lipinski definition) is 7. The van der Waals surface area contributed by atoms with Gasteiger partial charge in [0, 0.05) is 36.2 Å². The van der Waals surface area contributed by atoms with Crippen molar-refractivity contribution in [3.63, 3.8) is 0 Å². The first kappa shape index (κ1) is 25.8. The van der Waals surface area contributed by atoms with Crippen LogP contribution in [0.4, 0.5) is 19.4 Å². The number of amides is 1. The zero-order valence-electron chi connectivity index (χ0n) is 21.8. The van der Waals surface area contributed by atoms with Crippen molar-refractivity contribution in [1.29, 1.82) is 0 Å². The van der Waals surface area contributed by atoms with Crippen LogP contribution in [0.1, 0.15) is 68.1 Å². The number of rotatable bonds is 8. The maximum atomic E-state index is 13.7. The number of pyridine rings is 1. The summed E-state index contributed by atoms with van der Waals surface area (Å²) in [5, 5.41) is 13.4. The molecule has 6 aliphatic carbocycles. The van der Waals surface area contributed by atoms with Crippen LogP contribution in [0.25, 0.3) is 0 Å². The van der Waals surface area contributed by atoms with Gasteiger partial charge in [-0.15, -0.1) is 11.8 Å². The number of nitrogens with one attached hydrogen (secondary N) is 1. The fraction of sp³-hybridized carbons (Fsp3) is 0.750. The second kappa shape index (κ2) is 9.75. The fourth-order valence-electron chi connectivity index (χ4n) is 8.73. The summed E-state index contributed by atoms with van der Waals surface area (Å²) in [5.41, 5.74) is -0.150. The zero-order valence-corrected chi connectivity index (χ0v) is 22.6. The number of anilines is 1. The van der Waals surface area contributed by atoms with E-state index in [1.54, 1.807) is 11.8 Å². The Balaban J connectivity index is 1.07. The Morgan fingerprint density at radius 3 is 2.44 bits per heavy atom. The minimum Gasteiger partial charge on any atom is -0.450 e. The summed E-state index contributed by atoms with van der Waals surface area (Å²) in [6.07, 6.45) is 6.95. The number of carbonyl (C=O) groups is 2. The number of piperidine rings is 1. The smallest absolute Gasteiger partial charge is 0.450 e. The highest BCUT2D eigenvalue weighted by atomic mass is 32.2. The minimum absolute atomic E-state index is 0.0238. The van der Waals surface area contributed by atoms with Crippen molar-refractivity contribution in [2.75, 3.05) is 18.0 Å². The van der Waals surface area contributed by atoms with Gasteiger partial charge in [0.05, 0.1) is 11.2 Å². The molecule has 0 spiro atoms. The first-order valence-electron chi connectivity index (χ1n) is 14.4. The number of fused-ring (bicyclic) bond motifs is 1. The summed E-state index contributed by atoms with van der Waals surface area (Å²) in [7, 11) is 0. The molecule has 1 aliphatic heterocycles. The van der Waals surface area contributed by atoms with Crippen LogP contribution in [0.2, 0.25) is 0 Å². The number of carboxylic acid groups (broad SMARTS) is 1. The van der Waals surface area contributed by atoms with Crippen molar-refractivity contribution in [2.24, 2.45) is 29.6 Å². The predicted octanol–water partition coefficient (Wildman–Crippen LogP) is 5.16. The van der Waals surface area contributed by atoms with E-state index in [1.165, 1.54) is 12.8 Å². The largest absolute Gasteiger partial charge is 0.506 e. The first-order valence-corrected chi connectivity index (χ1v) is 15.2. The third-order valence-electron chi connectivity index (χ3n) is 10.2. The van der Waals surface area contributed by atoms with E-state index in [1.807, 2.05) is 12.1 Å². The number of nitrogens with zero attached hydrogens (tertiary/aromatic N) is 2. The van der Waals surface area contributed by atoms with E-state index < -0.39 is 18.4 Å². The summed E-state index contributed by atoms with van der Waals surface area (Å²) < 4.78 is 36.5. The van der Waals surface area contributed by atoms with Gasteiger partial charge in [-0.05, 0) is 74.8 Å². The molecule has 39 heavy (non-hydrogen) atoms. The van der Waals surface area contributed by atoms with Crippen LogP contribution >= 0.6 is 11.8 Å². The van der Waals surface area contributed by atoms with E-state index in [0.717, 1.165) is 36.5 Å². The highest BCUT2D eigenvalue weighted by Crippen LogP contribution is 2.57. The van der Waals surface area contributed by atoms with Gasteiger partial charge in [0.1, 0.15) is 16.9 Å². The molecule has 8 rings (SSSR count). The Kier molecular flexibility index (Phi) is 6.45. The van der Waals surface area contributed by atoms with E-state index >= 15 is 0 Å². The number of hydrogen-bond donors (Lipinski definition) is 2. The van der Waals surface area contributed by atoms with E-state index in [-0.39, 0.29) is 41.7 Å². The fourth-order valence-corrected chi connectivity index (χ4v) is 10.1. The molecular weight excluding hydrogens is 528 g/mol. The molecule has 2 heterocycles. The molecule has 4 bridgehead atoms. The van der Waals surface area contributed by atoms with E-state index in [2.05, 4.69) is 10.2 Å². The van der Waals surface area contributed by atoms with Crippen LogP contribution in [-0.2, 0) is 9.47 Å². The third kappa shape index (κ3) is 4.87. The lowest BCUT2D eigenvalue weighted by atomic mass is 9.52. The molecule has 7 aliphatic rings. The number of ether oxygens (including phenoxy) is 2. The van der Waals surface area contributed by atoms with E-state index in [0.29, 0.717) is 49.1 Å². The molecule has 212 valence electrons. The average Bonchev–Trinajstić information content (AvgIpc) is 3.24. The molecule has 3 unspecified atom stereocenters. The van der Waals surface area contributed by atoms with Crippen molar-refractivity contribution >= 4 is 29.6 Å². The monoisotopic (exact) mass is 563 g/mol. The van der Waals surface area contributed by atoms with Crippen LogP contribution in [0.15, 0.2) is 17.2 Å². The molecule has 7 fully saturated rings. The second-order valence-electron chi connectivity index (χ2n) is 12.7. The van der Waals surface area contributed by atoms with Gasteiger partial charge in [0.25, 0.3) is 5.91 Å². The second-order valence-corrected chi connectivity index (χ2v) is 13.9. The van der Waals surface area contributed by atoms with Gasteiger partial charge in [-0.3, -0.25) is 4.79 Å². The predicted molar refractivity (Wildman–Crippen MR) is 139 cm³/mol. The number of thioether (sulfide) groups is 1. The van der Waals surface area contributed by atoms with Crippen LogP contribution < -0.4 is 10.2 Å². The van der Waals surface area contributed by atoms with Gasteiger partial charge >= 0.3 is 12.8 Å². The highest BCUT2D eigenvalue weighted by molar-refractivity contribution is 7.99. The molecule has 8 nitrogen and oxygen atoms in total. The van der Waals surface area contributed by atoms with Gasteiger partial charge in [0.2, 0.25) is 0 Å². The normalized spacial score (nSPS) is 38.3. The van der Waals surface area contributed by atoms with Crippen LogP contribution in [0.3, 0.4) is 0 Å². The molecule has 11 heteroatoms. The molecular formula is C28H35F2N3O5S. The Bertz CT molecular complexity index is 1120. The van der Waals surface area contributed by atoms with Crippen molar-refractivity contribution in [1.82, 2.24) is 10.3 Å². The topological polar surface area (TPSA) is 101 Å². The SMILES string of the molecule is O=C(O)OC1[C@H]2CN(c3ccc(C(=O)N[C@H]4C5CC6CC4C[C@@](OC(F)F)(C6)C5)c(SC4CCCC4)n3)C[C@@H]12. The third-order valence-corrected chi connectivity index (χ3v) is 11.5. The summed E-state index contributed by atoms with van der Waals surface area (Å²) >= 11 is 1.69. The molecule has 1 saturated heterocycles. The lowest BCUT2D eigenvalue weighted by molar-refractivity contribution is -0.260. The van der Waals surface area contributed by atoms with Crippen molar-refractivity contribution in [2.45, 2.75) is 92.4 Å². The molecule has 5 atom stereocenters. The van der Waals surface area contributed by atoms with Gasteiger partial charge < -0.3 is 24.8 Å². The van der Waals surface area contributed by atoms with Gasteiger partial charge in [-0.1, -0.05) is 12.8 Å². The zero-order chi connectivity index (χ0) is 26.9. The first-order chi connectivity index (χ1) is 18.8. The Labute approximate surface area is 230 Å². The molecule has 1 aromatic heterocycles. The van der Waals surface area contributed by atoms with Crippen molar-refractivity contribution in [3.8, 4) is 0 Å². The van der Waals surface area contributed by atoms with Crippen LogP contribution in [0, 0.1) is 29.6 Å². The number of alkyl halides is 2. The maximum absolute atomic E-state index is 13.7. The lowest BCUT2D eigenvalue weighted by Gasteiger charge is -2.59. The summed E-state index contributed by atoms with van der Waals surface area (Å²) in [6, 6.07) is 3.75. The Hall–Kier alpha value is -2.14. The quantitative estimate of drug-likeness (QED) is 0.419. The molecule has 6 saturated carbocycles. The minimum atomic E-state index is -2.76. The average molecular weight is 564 g/mol. The number of aromatic nitrogens is 1.